The Hall–Kier alpha value is -0.460. The van der Waals surface area contributed by atoms with Gasteiger partial charge in [-0.2, -0.15) is 0 Å². The van der Waals surface area contributed by atoms with Crippen LogP contribution in [0.5, 0.6) is 0 Å². The van der Waals surface area contributed by atoms with Crippen LogP contribution in [0.2, 0.25) is 0 Å². The number of unbranched alkanes of at least 4 members (excludes halogenated alkanes) is 15. The third-order valence-corrected chi connectivity index (χ3v) is 6.12. The van der Waals surface area contributed by atoms with Crippen LogP contribution >= 0.6 is 0 Å². The quantitative estimate of drug-likeness (QED) is 0.190. The summed E-state index contributed by atoms with van der Waals surface area (Å²) in [6, 6.07) is 0. The van der Waals surface area contributed by atoms with Gasteiger partial charge >= 0.3 is 0 Å². The molecule has 3 N–H and O–H groups in total. The van der Waals surface area contributed by atoms with Crippen molar-refractivity contribution in [2.45, 2.75) is 127 Å². The molecule has 4 atom stereocenters. The standard InChI is InChI=1S/C25H48O5/c1-2-3-4-5-6-7-8-9-10-11-12-13-14-15-16-17-18-19-29-25-23(20-26)30-21-22(27)24(25)28/h2,22-28H,1,3-21H2/t22-,23+,24+,25+/m1/s1. The van der Waals surface area contributed by atoms with E-state index in [0.717, 1.165) is 12.8 Å². The molecule has 30 heavy (non-hydrogen) atoms. The second-order valence-electron chi connectivity index (χ2n) is 8.83. The number of ether oxygens (including phenoxy) is 2. The molecule has 0 aromatic carbocycles. The van der Waals surface area contributed by atoms with E-state index >= 15 is 0 Å². The second kappa shape index (κ2) is 19.2. The van der Waals surface area contributed by atoms with E-state index in [9.17, 15) is 15.3 Å². The molecular formula is C25H48O5. The van der Waals surface area contributed by atoms with Crippen LogP contribution in [-0.4, -0.2) is 59.6 Å². The molecule has 5 heteroatoms. The van der Waals surface area contributed by atoms with Gasteiger partial charge in [-0.1, -0.05) is 89.5 Å². The van der Waals surface area contributed by atoms with Gasteiger partial charge in [-0.3, -0.25) is 0 Å². The highest BCUT2D eigenvalue weighted by molar-refractivity contribution is 4.87. The zero-order chi connectivity index (χ0) is 21.9. The maximum absolute atomic E-state index is 10.0. The van der Waals surface area contributed by atoms with E-state index in [1.165, 1.54) is 89.9 Å². The van der Waals surface area contributed by atoms with Crippen LogP contribution in [-0.2, 0) is 9.47 Å². The summed E-state index contributed by atoms with van der Waals surface area (Å²) in [5.74, 6) is 0. The summed E-state index contributed by atoms with van der Waals surface area (Å²) in [5, 5.41) is 29.0. The van der Waals surface area contributed by atoms with Gasteiger partial charge in [-0.25, -0.2) is 0 Å². The van der Waals surface area contributed by atoms with Gasteiger partial charge < -0.3 is 24.8 Å². The third-order valence-electron chi connectivity index (χ3n) is 6.12. The summed E-state index contributed by atoms with van der Waals surface area (Å²) in [4.78, 5) is 0. The average molecular weight is 429 g/mol. The van der Waals surface area contributed by atoms with Crippen LogP contribution in [0, 0.1) is 0 Å². The number of hydrogen-bond acceptors (Lipinski definition) is 5. The van der Waals surface area contributed by atoms with E-state index in [0.29, 0.717) is 6.61 Å². The molecule has 0 radical (unpaired) electrons. The van der Waals surface area contributed by atoms with Gasteiger partial charge in [0.2, 0.25) is 0 Å². The molecule has 0 aromatic heterocycles. The first-order valence-electron chi connectivity index (χ1n) is 12.5. The fourth-order valence-corrected chi connectivity index (χ4v) is 4.13. The lowest BCUT2D eigenvalue weighted by molar-refractivity contribution is -0.211. The van der Waals surface area contributed by atoms with E-state index in [-0.39, 0.29) is 13.2 Å². The summed E-state index contributed by atoms with van der Waals surface area (Å²) in [7, 11) is 0. The maximum atomic E-state index is 10.0. The van der Waals surface area contributed by atoms with Crippen LogP contribution < -0.4 is 0 Å². The van der Waals surface area contributed by atoms with Gasteiger partial charge in [-0.05, 0) is 19.3 Å². The van der Waals surface area contributed by atoms with Gasteiger partial charge in [-0.15, -0.1) is 6.58 Å². The minimum absolute atomic E-state index is 0.0443. The average Bonchev–Trinajstić information content (AvgIpc) is 2.75. The summed E-state index contributed by atoms with van der Waals surface area (Å²) < 4.78 is 11.0. The zero-order valence-corrected chi connectivity index (χ0v) is 19.2. The fourth-order valence-electron chi connectivity index (χ4n) is 4.13. The Kier molecular flexibility index (Phi) is 17.7. The highest BCUT2D eigenvalue weighted by Crippen LogP contribution is 2.19. The van der Waals surface area contributed by atoms with Crippen LogP contribution in [0.15, 0.2) is 12.7 Å². The summed E-state index contributed by atoms with van der Waals surface area (Å²) >= 11 is 0. The minimum Gasteiger partial charge on any atom is -0.394 e. The number of aliphatic hydroxyl groups is 3. The lowest BCUT2D eigenvalue weighted by atomic mass is 10.0. The number of rotatable bonds is 20. The number of aliphatic hydroxyl groups excluding tert-OH is 3. The lowest BCUT2D eigenvalue weighted by Gasteiger charge is -2.37. The van der Waals surface area contributed by atoms with Crippen molar-refractivity contribution in [2.24, 2.45) is 0 Å². The van der Waals surface area contributed by atoms with Crippen molar-refractivity contribution in [1.29, 1.82) is 0 Å². The van der Waals surface area contributed by atoms with Gasteiger partial charge in [0.25, 0.3) is 0 Å². The van der Waals surface area contributed by atoms with Crippen molar-refractivity contribution < 1.29 is 24.8 Å². The molecule has 0 aromatic rings. The number of allylic oxidation sites excluding steroid dienone is 1. The number of hydrogen-bond donors (Lipinski definition) is 3. The van der Waals surface area contributed by atoms with Crippen molar-refractivity contribution in [1.82, 2.24) is 0 Å². The first-order chi connectivity index (χ1) is 14.7. The molecule has 0 spiro atoms. The second-order valence-corrected chi connectivity index (χ2v) is 8.83. The Morgan fingerprint density at radius 2 is 1.23 bits per heavy atom. The molecule has 1 saturated heterocycles. The Morgan fingerprint density at radius 3 is 1.70 bits per heavy atom. The van der Waals surface area contributed by atoms with Crippen molar-refractivity contribution >= 4 is 0 Å². The molecule has 1 aliphatic heterocycles. The molecule has 1 fully saturated rings. The Labute approximate surface area is 184 Å². The largest absolute Gasteiger partial charge is 0.394 e. The molecule has 1 aliphatic rings. The zero-order valence-electron chi connectivity index (χ0n) is 19.2. The summed E-state index contributed by atoms with van der Waals surface area (Å²) in [6.07, 6.45) is 19.7. The fraction of sp³-hybridized carbons (Fsp3) is 0.920. The molecule has 5 nitrogen and oxygen atoms in total. The molecule has 0 aliphatic carbocycles. The first-order valence-corrected chi connectivity index (χ1v) is 12.5. The molecule has 0 amide bonds. The van der Waals surface area contributed by atoms with Gasteiger partial charge in [0.15, 0.2) is 0 Å². The minimum atomic E-state index is -0.988. The topological polar surface area (TPSA) is 79.2 Å². The van der Waals surface area contributed by atoms with Crippen molar-refractivity contribution in [3.8, 4) is 0 Å². The first kappa shape index (κ1) is 27.6. The van der Waals surface area contributed by atoms with E-state index in [1.54, 1.807) is 0 Å². The normalized spacial score (nSPS) is 24.2. The van der Waals surface area contributed by atoms with E-state index < -0.39 is 24.4 Å². The molecule has 0 bridgehead atoms. The maximum Gasteiger partial charge on any atom is 0.114 e. The molecule has 0 unspecified atom stereocenters. The van der Waals surface area contributed by atoms with Crippen molar-refractivity contribution in [3.05, 3.63) is 12.7 Å². The van der Waals surface area contributed by atoms with Gasteiger partial charge in [0.05, 0.1) is 13.2 Å². The monoisotopic (exact) mass is 428 g/mol. The Bertz CT molecular complexity index is 388. The lowest BCUT2D eigenvalue weighted by Crippen LogP contribution is -2.55. The summed E-state index contributed by atoms with van der Waals surface area (Å²) in [5.41, 5.74) is 0. The van der Waals surface area contributed by atoms with Gasteiger partial charge in [0.1, 0.15) is 24.4 Å². The highest BCUT2D eigenvalue weighted by atomic mass is 16.6. The predicted molar refractivity (Wildman–Crippen MR) is 123 cm³/mol. The third kappa shape index (κ3) is 13.1. The predicted octanol–water partition coefficient (Wildman–Crippen LogP) is 4.91. The Balaban J connectivity index is 1.82. The van der Waals surface area contributed by atoms with Gasteiger partial charge in [0, 0.05) is 6.61 Å². The van der Waals surface area contributed by atoms with Crippen molar-refractivity contribution in [2.75, 3.05) is 19.8 Å². The summed E-state index contributed by atoms with van der Waals surface area (Å²) in [6.45, 7) is 4.14. The Morgan fingerprint density at radius 1 is 0.767 bits per heavy atom. The highest BCUT2D eigenvalue weighted by Gasteiger charge is 2.39. The van der Waals surface area contributed by atoms with E-state index in [1.807, 2.05) is 6.08 Å². The van der Waals surface area contributed by atoms with Crippen LogP contribution in [0.1, 0.15) is 103 Å². The van der Waals surface area contributed by atoms with E-state index in [2.05, 4.69) is 6.58 Å². The van der Waals surface area contributed by atoms with Crippen LogP contribution in [0.4, 0.5) is 0 Å². The van der Waals surface area contributed by atoms with E-state index in [4.69, 9.17) is 9.47 Å². The molecule has 1 rings (SSSR count). The molecule has 1 heterocycles. The van der Waals surface area contributed by atoms with Crippen molar-refractivity contribution in [3.63, 3.8) is 0 Å². The SMILES string of the molecule is C=CCCCCCCCCCCCCCCCCCO[C@@H]1[C@@H](O)[C@H](O)CO[C@H]1CO. The smallest absolute Gasteiger partial charge is 0.114 e. The van der Waals surface area contributed by atoms with Crippen LogP contribution in [0.3, 0.4) is 0 Å². The molecule has 178 valence electrons. The molecular weight excluding hydrogens is 380 g/mol. The molecule has 0 saturated carbocycles. The van der Waals surface area contributed by atoms with Crippen LogP contribution in [0.25, 0.3) is 0 Å².